The summed E-state index contributed by atoms with van der Waals surface area (Å²) in [5.74, 6) is -0.845. The van der Waals surface area contributed by atoms with E-state index in [0.29, 0.717) is 15.6 Å². The van der Waals surface area contributed by atoms with E-state index in [4.69, 9.17) is 5.73 Å². The van der Waals surface area contributed by atoms with Crippen LogP contribution >= 0.6 is 11.3 Å². The maximum atomic E-state index is 13.2. The summed E-state index contributed by atoms with van der Waals surface area (Å²) in [5.41, 5.74) is 5.54. The van der Waals surface area contributed by atoms with Crippen molar-refractivity contribution in [3.05, 3.63) is 59.5 Å². The van der Waals surface area contributed by atoms with Gasteiger partial charge in [0.25, 0.3) is 5.91 Å². The third-order valence-electron chi connectivity index (χ3n) is 5.75. The van der Waals surface area contributed by atoms with Crippen molar-refractivity contribution in [1.29, 1.82) is 0 Å². The Morgan fingerprint density at radius 3 is 2.38 bits per heavy atom. The summed E-state index contributed by atoms with van der Waals surface area (Å²) < 4.78 is 66.7. The molecule has 1 aromatic heterocycles. The fourth-order valence-corrected chi connectivity index (χ4v) is 6.50. The van der Waals surface area contributed by atoms with Crippen molar-refractivity contribution in [2.75, 3.05) is 25.4 Å². The highest BCUT2D eigenvalue weighted by atomic mass is 32.2. The molecule has 0 saturated carbocycles. The number of rotatable bonds is 12. The van der Waals surface area contributed by atoms with Crippen LogP contribution in [0.1, 0.15) is 36.4 Å². The van der Waals surface area contributed by atoms with E-state index in [1.165, 1.54) is 29.5 Å². The van der Waals surface area contributed by atoms with Crippen LogP contribution in [0.2, 0.25) is 0 Å². The fraction of sp³-hybridized carbons (Fsp3) is 0.385. The molecule has 0 aliphatic rings. The van der Waals surface area contributed by atoms with Crippen molar-refractivity contribution < 1.29 is 31.2 Å². The van der Waals surface area contributed by atoms with Gasteiger partial charge in [-0.2, -0.15) is 17.5 Å². The minimum atomic E-state index is -4.78. The number of nitrogens with one attached hydrogen (secondary N) is 2. The Labute approximate surface area is 229 Å². The van der Waals surface area contributed by atoms with E-state index >= 15 is 0 Å². The normalized spacial score (nSPS) is 13.1. The molecule has 0 aliphatic carbocycles. The number of anilines is 1. The zero-order chi connectivity index (χ0) is 28.8. The van der Waals surface area contributed by atoms with Crippen molar-refractivity contribution in [1.82, 2.24) is 14.9 Å². The van der Waals surface area contributed by atoms with E-state index in [-0.39, 0.29) is 24.6 Å². The van der Waals surface area contributed by atoms with Gasteiger partial charge in [-0.05, 0) is 48.4 Å². The molecule has 212 valence electrons. The van der Waals surface area contributed by atoms with E-state index in [1.807, 2.05) is 38.1 Å². The zero-order valence-electron chi connectivity index (χ0n) is 21.5. The van der Waals surface area contributed by atoms with Gasteiger partial charge in [0.1, 0.15) is 17.5 Å². The average Bonchev–Trinajstić information content (AvgIpc) is 3.29. The molecule has 2 amide bonds. The Morgan fingerprint density at radius 2 is 1.74 bits per heavy atom. The lowest BCUT2D eigenvalue weighted by Crippen LogP contribution is -2.48. The first-order valence-corrected chi connectivity index (χ1v) is 14.5. The maximum Gasteiger partial charge on any atom is 0.402 e. The summed E-state index contributed by atoms with van der Waals surface area (Å²) in [6, 6.07) is 13.7. The second kappa shape index (κ2) is 12.8. The van der Waals surface area contributed by atoms with Gasteiger partial charge in [-0.15, -0.1) is 11.3 Å². The van der Waals surface area contributed by atoms with Crippen molar-refractivity contribution >= 4 is 48.9 Å². The second-order valence-electron chi connectivity index (χ2n) is 9.44. The Hall–Kier alpha value is -3.16. The number of nitrogens with zero attached hydrogens (tertiary/aromatic N) is 1. The van der Waals surface area contributed by atoms with Gasteiger partial charge in [-0.25, -0.2) is 8.42 Å². The molecule has 0 aliphatic heterocycles. The number of thiophene rings is 1. The lowest BCUT2D eigenvalue weighted by molar-refractivity contribution is -0.136. The molecule has 4 N–H and O–H groups in total. The summed E-state index contributed by atoms with van der Waals surface area (Å²) in [6.07, 6.45) is -4.53. The molecule has 0 saturated heterocycles. The second-order valence-corrected chi connectivity index (χ2v) is 12.4. The van der Waals surface area contributed by atoms with Crippen molar-refractivity contribution in [3.8, 4) is 0 Å². The number of alkyl halides is 3. The predicted octanol–water partition coefficient (Wildman–Crippen LogP) is 4.39. The van der Waals surface area contributed by atoms with Crippen LogP contribution in [0.5, 0.6) is 0 Å². The Balaban J connectivity index is 1.64. The van der Waals surface area contributed by atoms with E-state index in [9.17, 15) is 31.2 Å². The van der Waals surface area contributed by atoms with Gasteiger partial charge in [0.15, 0.2) is 0 Å². The Kier molecular flexibility index (Phi) is 9.97. The number of halogens is 3. The Bertz CT molecular complexity index is 1370. The number of nitrogen functional groups attached to an aromatic ring is 1. The first-order valence-electron chi connectivity index (χ1n) is 12.3. The van der Waals surface area contributed by atoms with Gasteiger partial charge >= 0.3 is 6.18 Å². The molecule has 39 heavy (non-hydrogen) atoms. The highest BCUT2D eigenvalue weighted by molar-refractivity contribution is 7.89. The molecule has 13 heteroatoms. The minimum absolute atomic E-state index is 0.0622. The number of sulfonamides is 1. The van der Waals surface area contributed by atoms with Gasteiger partial charge in [0.05, 0.1) is 10.6 Å². The summed E-state index contributed by atoms with van der Waals surface area (Å²) in [7, 11) is -4.54. The van der Waals surface area contributed by atoms with E-state index < -0.39 is 52.0 Å². The maximum absolute atomic E-state index is 13.2. The predicted molar refractivity (Wildman–Crippen MR) is 146 cm³/mol. The standard InChI is InChI=1S/C26H31F3N4O4S2/c1-17(2)14-20(32-25(35)22-15-18-8-3-5-10-21(18)38-22)24(34)31-12-7-13-33(16-26(27,28)29)39(36,37)23-11-6-4-9-19(23)30/h3-6,8-11,15,17,20H,7,12-14,16,30H2,1-2H3,(H,31,34)(H,32,35)/t20-/m0/s1. The van der Waals surface area contributed by atoms with E-state index in [0.717, 1.165) is 16.2 Å². The third-order valence-corrected chi connectivity index (χ3v) is 8.79. The lowest BCUT2D eigenvalue weighted by atomic mass is 10.0. The molecular weight excluding hydrogens is 553 g/mol. The molecule has 0 spiro atoms. The molecule has 0 fully saturated rings. The zero-order valence-corrected chi connectivity index (χ0v) is 23.1. The molecule has 1 heterocycles. The van der Waals surface area contributed by atoms with Gasteiger partial charge < -0.3 is 16.4 Å². The fourth-order valence-electron chi connectivity index (χ4n) is 3.95. The molecule has 1 atom stereocenters. The molecule has 0 unspecified atom stereocenters. The number of hydrogen-bond acceptors (Lipinski definition) is 6. The van der Waals surface area contributed by atoms with Gasteiger partial charge in [-0.1, -0.05) is 44.2 Å². The quantitative estimate of drug-likeness (QED) is 0.215. The van der Waals surface area contributed by atoms with Gasteiger partial charge in [0, 0.05) is 17.8 Å². The number of hydrogen-bond donors (Lipinski definition) is 3. The van der Waals surface area contributed by atoms with E-state index in [2.05, 4.69) is 10.6 Å². The van der Waals surface area contributed by atoms with Crippen LogP contribution in [0.15, 0.2) is 59.5 Å². The summed E-state index contributed by atoms with van der Waals surface area (Å²) in [4.78, 5) is 25.8. The lowest BCUT2D eigenvalue weighted by Gasteiger charge is -2.24. The smallest absolute Gasteiger partial charge is 0.398 e. The van der Waals surface area contributed by atoms with Crippen LogP contribution in [0.3, 0.4) is 0 Å². The number of para-hydroxylation sites is 1. The minimum Gasteiger partial charge on any atom is -0.398 e. The number of fused-ring (bicyclic) bond motifs is 1. The number of nitrogens with two attached hydrogens (primary N) is 1. The van der Waals surface area contributed by atoms with Crippen molar-refractivity contribution in [3.63, 3.8) is 0 Å². The third kappa shape index (κ3) is 8.41. The van der Waals surface area contributed by atoms with Gasteiger partial charge in [0.2, 0.25) is 15.9 Å². The van der Waals surface area contributed by atoms with Crippen LogP contribution in [-0.2, 0) is 14.8 Å². The van der Waals surface area contributed by atoms with Crippen LogP contribution < -0.4 is 16.4 Å². The van der Waals surface area contributed by atoms with Crippen LogP contribution in [0, 0.1) is 5.92 Å². The number of amides is 2. The molecule has 2 aromatic carbocycles. The number of carbonyl (C=O) groups excluding carboxylic acids is 2. The molecule has 8 nitrogen and oxygen atoms in total. The first-order chi connectivity index (χ1) is 18.3. The summed E-state index contributed by atoms with van der Waals surface area (Å²) in [6.45, 7) is 1.49. The van der Waals surface area contributed by atoms with Crippen LogP contribution in [0.4, 0.5) is 18.9 Å². The van der Waals surface area contributed by atoms with Crippen molar-refractivity contribution in [2.45, 2.75) is 43.8 Å². The number of benzene rings is 2. The SMILES string of the molecule is CC(C)C[C@H](NC(=O)c1cc2ccccc2s1)C(=O)NCCCN(CC(F)(F)F)S(=O)(=O)c1ccccc1N. The Morgan fingerprint density at radius 1 is 1.08 bits per heavy atom. The van der Waals surface area contributed by atoms with Crippen molar-refractivity contribution in [2.24, 2.45) is 5.92 Å². The van der Waals surface area contributed by atoms with Crippen LogP contribution in [-0.4, -0.2) is 56.4 Å². The topological polar surface area (TPSA) is 122 Å². The van der Waals surface area contributed by atoms with E-state index in [1.54, 1.807) is 6.07 Å². The highest BCUT2D eigenvalue weighted by Gasteiger charge is 2.37. The van der Waals surface area contributed by atoms with Gasteiger partial charge in [-0.3, -0.25) is 9.59 Å². The van der Waals surface area contributed by atoms with Crippen LogP contribution in [0.25, 0.3) is 10.1 Å². The first kappa shape index (κ1) is 30.4. The molecule has 0 radical (unpaired) electrons. The monoisotopic (exact) mass is 584 g/mol. The number of carbonyl (C=O) groups is 2. The molecular formula is C26H31F3N4O4S2. The average molecular weight is 585 g/mol. The molecule has 0 bridgehead atoms. The summed E-state index contributed by atoms with van der Waals surface area (Å²) >= 11 is 1.30. The highest BCUT2D eigenvalue weighted by Crippen LogP contribution is 2.27. The molecule has 3 aromatic rings. The molecule has 3 rings (SSSR count). The largest absolute Gasteiger partial charge is 0.402 e. The summed E-state index contributed by atoms with van der Waals surface area (Å²) in [5, 5.41) is 6.27.